The third kappa shape index (κ3) is 3.46. The summed E-state index contributed by atoms with van der Waals surface area (Å²) in [6, 6.07) is 12.5. The van der Waals surface area contributed by atoms with Crippen molar-refractivity contribution in [3.8, 4) is 11.5 Å². The van der Waals surface area contributed by atoms with E-state index in [1.54, 1.807) is 0 Å². The van der Waals surface area contributed by atoms with Crippen molar-refractivity contribution < 1.29 is 14.3 Å². The van der Waals surface area contributed by atoms with Crippen LogP contribution in [-0.2, 0) is 10.2 Å². The van der Waals surface area contributed by atoms with Gasteiger partial charge < -0.3 is 19.7 Å². The van der Waals surface area contributed by atoms with E-state index < -0.39 is 5.66 Å². The second-order valence-corrected chi connectivity index (χ2v) is 8.77. The topological polar surface area (TPSA) is 50.8 Å². The van der Waals surface area contributed by atoms with Gasteiger partial charge in [-0.25, -0.2) is 0 Å². The third-order valence-corrected chi connectivity index (χ3v) is 6.47. The second-order valence-electron chi connectivity index (χ2n) is 8.77. The maximum Gasteiger partial charge on any atom is 0.223 e. The molecular weight excluding hydrogens is 388 g/mol. The lowest BCUT2D eigenvalue weighted by molar-refractivity contribution is -0.124. The minimum atomic E-state index is -0.622. The van der Waals surface area contributed by atoms with Crippen LogP contribution in [0.3, 0.4) is 0 Å². The highest BCUT2D eigenvalue weighted by Crippen LogP contribution is 2.52. The lowest BCUT2D eigenvalue weighted by Crippen LogP contribution is -2.68. The SMILES string of the molecule is CCOc1ccc(/C=C/[C@]23NC(=O)CCN2c2ccc(C)cc2C3(C)C)cc1OCC. The van der Waals surface area contributed by atoms with Gasteiger partial charge in [0.1, 0.15) is 5.66 Å². The van der Waals surface area contributed by atoms with E-state index in [0.717, 1.165) is 17.1 Å². The van der Waals surface area contributed by atoms with Crippen LogP contribution in [0.1, 0.15) is 50.8 Å². The van der Waals surface area contributed by atoms with Crippen LogP contribution in [0.2, 0.25) is 0 Å². The summed E-state index contributed by atoms with van der Waals surface area (Å²) in [7, 11) is 0. The fourth-order valence-corrected chi connectivity index (χ4v) is 4.86. The standard InChI is InChI=1S/C26H32N2O3/c1-6-30-22-11-9-19(17-23(22)31-7-2)12-14-26-25(4,5)20-16-18(3)8-10-21(20)28(26)15-13-24(29)27-26/h8-12,14,16-17H,6-7,13,15H2,1-5H3,(H,27,29)/b14-12+/t26-/m0/s1. The van der Waals surface area contributed by atoms with Gasteiger partial charge in [0.15, 0.2) is 11.5 Å². The van der Waals surface area contributed by atoms with Crippen molar-refractivity contribution in [2.24, 2.45) is 0 Å². The van der Waals surface area contributed by atoms with Gasteiger partial charge >= 0.3 is 0 Å². The van der Waals surface area contributed by atoms with E-state index in [1.165, 1.54) is 16.8 Å². The molecule has 2 aliphatic rings. The zero-order valence-electron chi connectivity index (χ0n) is 19.1. The first kappa shape index (κ1) is 21.3. The van der Waals surface area contributed by atoms with Crippen molar-refractivity contribution in [2.75, 3.05) is 24.7 Å². The molecule has 5 nitrogen and oxygen atoms in total. The Kier molecular flexibility index (Phi) is 5.46. The highest BCUT2D eigenvalue weighted by atomic mass is 16.5. The van der Waals surface area contributed by atoms with Crippen LogP contribution >= 0.6 is 0 Å². The first-order valence-corrected chi connectivity index (χ1v) is 11.1. The number of carbonyl (C=O) groups is 1. The molecule has 0 saturated carbocycles. The van der Waals surface area contributed by atoms with E-state index in [9.17, 15) is 4.79 Å². The molecule has 31 heavy (non-hydrogen) atoms. The average molecular weight is 421 g/mol. The number of aryl methyl sites for hydroxylation is 1. The molecular formula is C26H32N2O3. The smallest absolute Gasteiger partial charge is 0.223 e. The first-order chi connectivity index (χ1) is 14.8. The minimum absolute atomic E-state index is 0.0835. The van der Waals surface area contributed by atoms with E-state index in [1.807, 2.05) is 32.0 Å². The van der Waals surface area contributed by atoms with Gasteiger partial charge in [-0.15, -0.1) is 0 Å². The molecule has 0 unspecified atom stereocenters. The van der Waals surface area contributed by atoms with Crippen LogP contribution < -0.4 is 19.7 Å². The molecule has 2 aromatic rings. The van der Waals surface area contributed by atoms with E-state index in [2.05, 4.69) is 61.3 Å². The first-order valence-electron chi connectivity index (χ1n) is 11.1. The number of fused-ring (bicyclic) bond motifs is 3. The zero-order valence-corrected chi connectivity index (χ0v) is 19.1. The number of nitrogens with one attached hydrogen (secondary N) is 1. The fourth-order valence-electron chi connectivity index (χ4n) is 4.86. The van der Waals surface area contributed by atoms with Crippen molar-refractivity contribution >= 4 is 17.7 Å². The van der Waals surface area contributed by atoms with E-state index in [0.29, 0.717) is 26.2 Å². The van der Waals surface area contributed by atoms with Gasteiger partial charge in [-0.3, -0.25) is 4.79 Å². The number of rotatable bonds is 6. The van der Waals surface area contributed by atoms with Crippen LogP contribution in [0.25, 0.3) is 6.08 Å². The second kappa shape index (κ2) is 7.95. The Morgan fingerprint density at radius 2 is 1.81 bits per heavy atom. The van der Waals surface area contributed by atoms with Gasteiger partial charge in [0.05, 0.1) is 13.2 Å². The van der Waals surface area contributed by atoms with Crippen LogP contribution in [0, 0.1) is 6.92 Å². The molecule has 0 aromatic heterocycles. The molecule has 1 amide bonds. The minimum Gasteiger partial charge on any atom is -0.490 e. The summed E-state index contributed by atoms with van der Waals surface area (Å²) >= 11 is 0. The predicted molar refractivity (Wildman–Crippen MR) is 125 cm³/mol. The van der Waals surface area contributed by atoms with Gasteiger partial charge in [-0.1, -0.05) is 43.7 Å². The molecule has 2 aromatic carbocycles. The van der Waals surface area contributed by atoms with Crippen LogP contribution in [-0.4, -0.2) is 31.3 Å². The van der Waals surface area contributed by atoms with Gasteiger partial charge in [0.25, 0.3) is 0 Å². The van der Waals surface area contributed by atoms with E-state index in [-0.39, 0.29) is 11.3 Å². The Hall–Kier alpha value is -2.95. The third-order valence-electron chi connectivity index (χ3n) is 6.47. The Balaban J connectivity index is 1.77. The molecule has 2 aliphatic heterocycles. The normalized spacial score (nSPS) is 21.6. The summed E-state index contributed by atoms with van der Waals surface area (Å²) in [5.41, 5.74) is 3.77. The number of hydrogen-bond acceptors (Lipinski definition) is 4. The number of ether oxygens (including phenoxy) is 2. The maximum absolute atomic E-state index is 12.6. The molecule has 0 spiro atoms. The lowest BCUT2D eigenvalue weighted by Gasteiger charge is -2.49. The summed E-state index contributed by atoms with van der Waals surface area (Å²) in [5.74, 6) is 1.56. The molecule has 1 saturated heterocycles. The molecule has 4 rings (SSSR count). The number of hydrogen-bond donors (Lipinski definition) is 1. The maximum atomic E-state index is 12.6. The van der Waals surface area contributed by atoms with Gasteiger partial charge in [0.2, 0.25) is 5.91 Å². The summed E-state index contributed by atoms with van der Waals surface area (Å²) < 4.78 is 11.5. The molecule has 1 atom stereocenters. The van der Waals surface area contributed by atoms with E-state index in [4.69, 9.17) is 9.47 Å². The highest BCUT2D eigenvalue weighted by molar-refractivity contribution is 5.84. The molecule has 164 valence electrons. The van der Waals surface area contributed by atoms with Crippen LogP contribution in [0.5, 0.6) is 11.5 Å². The largest absolute Gasteiger partial charge is 0.490 e. The van der Waals surface area contributed by atoms with Crippen molar-refractivity contribution in [1.82, 2.24) is 5.32 Å². The van der Waals surface area contributed by atoms with Crippen molar-refractivity contribution in [3.05, 3.63) is 59.2 Å². The fraction of sp³-hybridized carbons (Fsp3) is 0.423. The number of carbonyl (C=O) groups excluding carboxylic acids is 1. The Morgan fingerprint density at radius 1 is 1.06 bits per heavy atom. The zero-order chi connectivity index (χ0) is 22.2. The van der Waals surface area contributed by atoms with Crippen LogP contribution in [0.15, 0.2) is 42.5 Å². The predicted octanol–water partition coefficient (Wildman–Crippen LogP) is 4.82. The molecule has 0 aliphatic carbocycles. The Labute approximate surface area is 185 Å². The molecule has 0 radical (unpaired) electrons. The Morgan fingerprint density at radius 3 is 2.55 bits per heavy atom. The number of nitrogens with zero attached hydrogens (tertiary/aromatic N) is 1. The van der Waals surface area contributed by atoms with E-state index >= 15 is 0 Å². The van der Waals surface area contributed by atoms with Crippen molar-refractivity contribution in [2.45, 2.75) is 52.1 Å². The monoisotopic (exact) mass is 420 g/mol. The molecule has 0 bridgehead atoms. The lowest BCUT2D eigenvalue weighted by atomic mass is 9.74. The summed E-state index contributed by atoms with van der Waals surface area (Å²) in [4.78, 5) is 14.9. The molecule has 2 heterocycles. The highest BCUT2D eigenvalue weighted by Gasteiger charge is 2.57. The summed E-state index contributed by atoms with van der Waals surface area (Å²) in [5, 5.41) is 3.33. The molecule has 1 fully saturated rings. The quantitative estimate of drug-likeness (QED) is 0.728. The summed E-state index contributed by atoms with van der Waals surface area (Å²) in [6.07, 6.45) is 4.72. The summed E-state index contributed by atoms with van der Waals surface area (Å²) in [6.45, 7) is 12.3. The number of amides is 1. The Bertz CT molecular complexity index is 1030. The van der Waals surface area contributed by atoms with Crippen molar-refractivity contribution in [3.63, 3.8) is 0 Å². The molecule has 5 heteroatoms. The molecule has 1 N–H and O–H groups in total. The van der Waals surface area contributed by atoms with Gasteiger partial charge in [0, 0.05) is 24.1 Å². The number of benzene rings is 2. The van der Waals surface area contributed by atoms with Crippen LogP contribution in [0.4, 0.5) is 5.69 Å². The average Bonchev–Trinajstić information content (AvgIpc) is 2.92. The van der Waals surface area contributed by atoms with Crippen molar-refractivity contribution in [1.29, 1.82) is 0 Å². The van der Waals surface area contributed by atoms with Gasteiger partial charge in [-0.05, 0) is 56.2 Å². The van der Waals surface area contributed by atoms with Gasteiger partial charge in [-0.2, -0.15) is 0 Å². The number of anilines is 1.